The fraction of sp³-hybridized carbons (Fsp3) is 0.308. The van der Waals surface area contributed by atoms with Crippen LogP contribution in [0.2, 0.25) is 0 Å². The topological polar surface area (TPSA) is 40.5 Å². The Hall–Kier alpha value is -2.74. The summed E-state index contributed by atoms with van der Waals surface area (Å²) in [6, 6.07) is 20.1. The molecule has 2 N–H and O–H groups in total. The number of phenols is 2. The van der Waals surface area contributed by atoms with Gasteiger partial charge in [0.25, 0.3) is 0 Å². The number of rotatable bonds is 4. The molecule has 0 unspecified atom stereocenters. The SMILES string of the molecule is Cc1cc(O)cc(C(C)(C)c2cccc(C(C)(C)c3ccc(O)cc3C)c2)c1. The molecule has 0 amide bonds. The van der Waals surface area contributed by atoms with Crippen LogP contribution in [-0.2, 0) is 10.8 Å². The van der Waals surface area contributed by atoms with Gasteiger partial charge in [0.1, 0.15) is 11.5 Å². The van der Waals surface area contributed by atoms with Gasteiger partial charge < -0.3 is 10.2 Å². The predicted molar refractivity (Wildman–Crippen MR) is 116 cm³/mol. The summed E-state index contributed by atoms with van der Waals surface area (Å²) in [7, 11) is 0. The van der Waals surface area contributed by atoms with E-state index >= 15 is 0 Å². The Bertz CT molecular complexity index is 992. The average Bonchev–Trinajstić information content (AvgIpc) is 2.60. The third-order valence-corrected chi connectivity index (χ3v) is 5.97. The Balaban J connectivity index is 2.08. The zero-order valence-electron chi connectivity index (χ0n) is 17.7. The van der Waals surface area contributed by atoms with E-state index in [1.165, 1.54) is 16.7 Å². The maximum atomic E-state index is 10.1. The molecule has 2 nitrogen and oxygen atoms in total. The number of phenolic OH excluding ortho intramolecular Hbond substituents is 2. The molecule has 28 heavy (non-hydrogen) atoms. The number of hydrogen-bond donors (Lipinski definition) is 2. The highest BCUT2D eigenvalue weighted by atomic mass is 16.3. The fourth-order valence-corrected chi connectivity index (χ4v) is 4.09. The van der Waals surface area contributed by atoms with Crippen molar-refractivity contribution in [2.24, 2.45) is 0 Å². The van der Waals surface area contributed by atoms with Crippen LogP contribution in [0, 0.1) is 13.8 Å². The first-order valence-electron chi connectivity index (χ1n) is 9.74. The van der Waals surface area contributed by atoms with Crippen molar-refractivity contribution < 1.29 is 10.2 Å². The van der Waals surface area contributed by atoms with Gasteiger partial charge in [-0.2, -0.15) is 0 Å². The predicted octanol–water partition coefficient (Wildman–Crippen LogP) is 6.37. The summed E-state index contributed by atoms with van der Waals surface area (Å²) in [4.78, 5) is 0. The Morgan fingerprint density at radius 1 is 0.607 bits per heavy atom. The van der Waals surface area contributed by atoms with Crippen molar-refractivity contribution >= 4 is 0 Å². The summed E-state index contributed by atoms with van der Waals surface area (Å²) in [5.74, 6) is 0.602. The molecule has 0 atom stereocenters. The maximum Gasteiger partial charge on any atom is 0.116 e. The van der Waals surface area contributed by atoms with E-state index in [1.54, 1.807) is 12.1 Å². The van der Waals surface area contributed by atoms with E-state index in [2.05, 4.69) is 58.0 Å². The lowest BCUT2D eigenvalue weighted by Crippen LogP contribution is -2.23. The highest BCUT2D eigenvalue weighted by Crippen LogP contribution is 2.39. The normalized spacial score (nSPS) is 12.2. The molecule has 0 aromatic heterocycles. The summed E-state index contributed by atoms with van der Waals surface area (Å²) in [5.41, 5.74) is 6.44. The molecule has 0 heterocycles. The quantitative estimate of drug-likeness (QED) is 0.557. The second kappa shape index (κ2) is 7.01. The molecule has 146 valence electrons. The molecular formula is C26H30O2. The van der Waals surface area contributed by atoms with Crippen LogP contribution in [0.1, 0.15) is 61.1 Å². The van der Waals surface area contributed by atoms with E-state index in [-0.39, 0.29) is 10.8 Å². The van der Waals surface area contributed by atoms with Crippen molar-refractivity contribution in [3.63, 3.8) is 0 Å². The largest absolute Gasteiger partial charge is 0.508 e. The Morgan fingerprint density at radius 2 is 1.25 bits per heavy atom. The summed E-state index contributed by atoms with van der Waals surface area (Å²) in [6.45, 7) is 12.9. The third-order valence-electron chi connectivity index (χ3n) is 5.97. The smallest absolute Gasteiger partial charge is 0.116 e. The molecule has 0 saturated carbocycles. The molecule has 0 aliphatic rings. The Kier molecular flexibility index (Phi) is 5.01. The molecular weight excluding hydrogens is 344 g/mol. The number of hydrogen-bond acceptors (Lipinski definition) is 2. The summed E-state index contributed by atoms with van der Waals surface area (Å²) in [5, 5.41) is 19.8. The van der Waals surface area contributed by atoms with Crippen LogP contribution in [0.15, 0.2) is 60.7 Å². The van der Waals surface area contributed by atoms with E-state index in [1.807, 2.05) is 32.0 Å². The monoisotopic (exact) mass is 374 g/mol. The van der Waals surface area contributed by atoms with Crippen LogP contribution in [-0.4, -0.2) is 10.2 Å². The van der Waals surface area contributed by atoms with Gasteiger partial charge >= 0.3 is 0 Å². The van der Waals surface area contributed by atoms with Crippen molar-refractivity contribution in [3.05, 3.63) is 94.0 Å². The molecule has 0 bridgehead atoms. The molecule has 3 rings (SSSR count). The fourth-order valence-electron chi connectivity index (χ4n) is 4.09. The number of aromatic hydroxyl groups is 2. The summed E-state index contributed by atoms with van der Waals surface area (Å²) in [6.07, 6.45) is 0. The lowest BCUT2D eigenvalue weighted by atomic mass is 9.72. The summed E-state index contributed by atoms with van der Waals surface area (Å²) >= 11 is 0. The van der Waals surface area contributed by atoms with Gasteiger partial charge in [-0.3, -0.25) is 0 Å². The van der Waals surface area contributed by atoms with Crippen LogP contribution in [0.3, 0.4) is 0 Å². The van der Waals surface area contributed by atoms with Crippen LogP contribution < -0.4 is 0 Å². The molecule has 0 spiro atoms. The molecule has 3 aromatic carbocycles. The van der Waals surface area contributed by atoms with Gasteiger partial charge in [0.15, 0.2) is 0 Å². The molecule has 3 aromatic rings. The van der Waals surface area contributed by atoms with E-state index in [9.17, 15) is 10.2 Å². The first-order valence-corrected chi connectivity index (χ1v) is 9.74. The second-order valence-corrected chi connectivity index (χ2v) is 8.89. The zero-order chi connectivity index (χ0) is 20.7. The maximum absolute atomic E-state index is 10.1. The van der Waals surface area contributed by atoms with E-state index in [4.69, 9.17) is 0 Å². The van der Waals surface area contributed by atoms with Gasteiger partial charge in [0.05, 0.1) is 0 Å². The standard InChI is InChI=1S/C26H30O2/c1-17-12-21(16-23(28)13-17)25(3,4)19-8-7-9-20(15-19)26(5,6)24-11-10-22(27)14-18(24)2/h7-16,27-28H,1-6H3. The van der Waals surface area contributed by atoms with Crippen molar-refractivity contribution in [2.45, 2.75) is 52.4 Å². The number of benzene rings is 3. The van der Waals surface area contributed by atoms with Gasteiger partial charge in [0.2, 0.25) is 0 Å². The van der Waals surface area contributed by atoms with Crippen LogP contribution in [0.5, 0.6) is 11.5 Å². The highest BCUT2D eigenvalue weighted by Gasteiger charge is 2.29. The number of aryl methyl sites for hydroxylation is 2. The minimum atomic E-state index is -0.237. The van der Waals surface area contributed by atoms with Gasteiger partial charge in [-0.1, -0.05) is 64.1 Å². The van der Waals surface area contributed by atoms with Crippen LogP contribution in [0.4, 0.5) is 0 Å². The zero-order valence-corrected chi connectivity index (χ0v) is 17.7. The van der Waals surface area contributed by atoms with Gasteiger partial charge in [-0.05, 0) is 71.5 Å². The highest BCUT2D eigenvalue weighted by molar-refractivity contribution is 5.49. The van der Waals surface area contributed by atoms with Crippen LogP contribution >= 0.6 is 0 Å². The van der Waals surface area contributed by atoms with Gasteiger partial charge in [0, 0.05) is 10.8 Å². The molecule has 0 saturated heterocycles. The Labute approximate surface area is 168 Å². The average molecular weight is 375 g/mol. The summed E-state index contributed by atoms with van der Waals surface area (Å²) < 4.78 is 0. The van der Waals surface area contributed by atoms with Crippen LogP contribution in [0.25, 0.3) is 0 Å². The van der Waals surface area contributed by atoms with Gasteiger partial charge in [-0.25, -0.2) is 0 Å². The molecule has 0 radical (unpaired) electrons. The molecule has 2 heteroatoms. The third kappa shape index (κ3) is 3.64. The second-order valence-electron chi connectivity index (χ2n) is 8.89. The van der Waals surface area contributed by atoms with E-state index < -0.39 is 0 Å². The minimum absolute atomic E-state index is 0.196. The molecule has 0 fully saturated rings. The van der Waals surface area contributed by atoms with Gasteiger partial charge in [-0.15, -0.1) is 0 Å². The minimum Gasteiger partial charge on any atom is -0.508 e. The first kappa shape index (κ1) is 20.0. The Morgan fingerprint density at radius 3 is 1.86 bits per heavy atom. The van der Waals surface area contributed by atoms with E-state index in [0.29, 0.717) is 11.5 Å². The molecule has 0 aliphatic carbocycles. The lowest BCUT2D eigenvalue weighted by molar-refractivity contribution is 0.471. The first-order chi connectivity index (χ1) is 13.0. The van der Waals surface area contributed by atoms with Crippen molar-refractivity contribution in [1.82, 2.24) is 0 Å². The van der Waals surface area contributed by atoms with E-state index in [0.717, 1.165) is 16.7 Å². The lowest BCUT2D eigenvalue weighted by Gasteiger charge is -2.32. The van der Waals surface area contributed by atoms with Crippen molar-refractivity contribution in [1.29, 1.82) is 0 Å². The van der Waals surface area contributed by atoms with Crippen molar-refractivity contribution in [2.75, 3.05) is 0 Å². The van der Waals surface area contributed by atoms with Crippen molar-refractivity contribution in [3.8, 4) is 11.5 Å². The molecule has 0 aliphatic heterocycles.